The minimum absolute atomic E-state index is 0.00767. The van der Waals surface area contributed by atoms with Crippen LogP contribution in [0.3, 0.4) is 0 Å². The number of thiocarbonyl (C=S) groups is 1. The first-order valence-corrected chi connectivity index (χ1v) is 14.5. The maximum absolute atomic E-state index is 13.4. The van der Waals surface area contributed by atoms with E-state index in [-0.39, 0.29) is 15.6 Å². The average molecular weight is 561 g/mol. The predicted octanol–water partition coefficient (Wildman–Crippen LogP) is 5.44. The van der Waals surface area contributed by atoms with Gasteiger partial charge in [-0.05, 0) is 84.5 Å². The highest BCUT2D eigenvalue weighted by molar-refractivity contribution is 7.90. The molecule has 1 aliphatic rings. The lowest BCUT2D eigenvalue weighted by Gasteiger charge is -2.28. The highest BCUT2D eigenvalue weighted by Crippen LogP contribution is 2.32. The van der Waals surface area contributed by atoms with Crippen molar-refractivity contribution in [3.63, 3.8) is 0 Å². The van der Waals surface area contributed by atoms with Crippen molar-refractivity contribution in [3.05, 3.63) is 101 Å². The van der Waals surface area contributed by atoms with Crippen LogP contribution in [0.2, 0.25) is 0 Å². The number of hydrogen-bond acceptors (Lipinski definition) is 7. The summed E-state index contributed by atoms with van der Waals surface area (Å²) in [6, 6.07) is 26.3. The quantitative estimate of drug-likeness (QED) is 0.192. The number of carbonyl (C=O) groups excluding carboxylic acids is 2. The Morgan fingerprint density at radius 2 is 1.53 bits per heavy atom. The van der Waals surface area contributed by atoms with Crippen LogP contribution >= 0.6 is 23.6 Å². The third kappa shape index (κ3) is 5.42. The summed E-state index contributed by atoms with van der Waals surface area (Å²) in [6.45, 7) is 0. The van der Waals surface area contributed by atoms with Gasteiger partial charge < -0.3 is 4.74 Å². The van der Waals surface area contributed by atoms with Crippen LogP contribution in [0.1, 0.15) is 4.88 Å². The number of thiophene rings is 1. The average Bonchev–Trinajstić information content (AvgIpc) is 3.36. The summed E-state index contributed by atoms with van der Waals surface area (Å²) in [5.74, 6) is 0.158. The van der Waals surface area contributed by atoms with Crippen molar-refractivity contribution in [2.45, 2.75) is 4.90 Å². The third-order valence-electron chi connectivity index (χ3n) is 5.66. The number of rotatable bonds is 6. The maximum Gasteiger partial charge on any atom is 0.270 e. The number of nitrogens with one attached hydrogen (secondary N) is 1. The van der Waals surface area contributed by atoms with E-state index >= 15 is 0 Å². The van der Waals surface area contributed by atoms with Gasteiger partial charge in [0, 0.05) is 16.0 Å². The van der Waals surface area contributed by atoms with E-state index in [1.807, 2.05) is 36.4 Å². The van der Waals surface area contributed by atoms with Crippen LogP contribution < -0.4 is 15.0 Å². The molecule has 7 nitrogen and oxygen atoms in total. The first-order chi connectivity index (χ1) is 18.2. The Labute approximate surface area is 228 Å². The number of carbonyl (C=O) groups is 2. The second kappa shape index (κ2) is 10.3. The molecule has 2 amide bonds. The number of para-hydroxylation sites is 1. The largest absolute Gasteiger partial charge is 0.457 e. The van der Waals surface area contributed by atoms with Gasteiger partial charge in [-0.15, -0.1) is 11.3 Å². The lowest BCUT2D eigenvalue weighted by molar-refractivity contribution is -0.122. The molecule has 0 bridgehead atoms. The molecular weight excluding hydrogens is 541 g/mol. The van der Waals surface area contributed by atoms with Crippen LogP contribution in [0, 0.1) is 0 Å². The maximum atomic E-state index is 13.4. The molecule has 1 fully saturated rings. The van der Waals surface area contributed by atoms with Crippen molar-refractivity contribution < 1.29 is 22.7 Å². The fourth-order valence-corrected chi connectivity index (χ4v) is 5.64. The molecule has 5 rings (SSSR count). The topological polar surface area (TPSA) is 92.8 Å². The molecule has 0 aliphatic carbocycles. The van der Waals surface area contributed by atoms with Gasteiger partial charge in [0.25, 0.3) is 11.8 Å². The Bertz CT molecular complexity index is 1670. The molecule has 2 heterocycles. The number of nitrogens with zero attached hydrogens (tertiary/aromatic N) is 1. The van der Waals surface area contributed by atoms with Crippen molar-refractivity contribution in [2.75, 3.05) is 11.2 Å². The van der Waals surface area contributed by atoms with Crippen molar-refractivity contribution in [1.82, 2.24) is 5.32 Å². The Morgan fingerprint density at radius 1 is 0.868 bits per heavy atom. The number of ether oxygens (including phenoxy) is 1. The third-order valence-corrected chi connectivity index (χ3v) is 8.15. The number of anilines is 1. The highest BCUT2D eigenvalue weighted by atomic mass is 32.2. The van der Waals surface area contributed by atoms with Crippen LogP contribution in [0.15, 0.2) is 101 Å². The number of amides is 2. The molecule has 0 radical (unpaired) electrons. The molecular formula is C28H20N2O5S3. The van der Waals surface area contributed by atoms with Gasteiger partial charge >= 0.3 is 0 Å². The van der Waals surface area contributed by atoms with Gasteiger partial charge in [0.1, 0.15) is 17.1 Å². The van der Waals surface area contributed by atoms with E-state index in [0.717, 1.165) is 16.7 Å². The molecule has 1 aliphatic heterocycles. The molecule has 4 aromatic rings. The second-order valence-corrected chi connectivity index (χ2v) is 11.9. The number of hydrogen-bond donors (Lipinski definition) is 1. The summed E-state index contributed by atoms with van der Waals surface area (Å²) in [6.07, 6.45) is 2.68. The van der Waals surface area contributed by atoms with E-state index in [1.54, 1.807) is 54.6 Å². The van der Waals surface area contributed by atoms with Crippen LogP contribution in [-0.2, 0) is 19.4 Å². The minimum atomic E-state index is -3.29. The van der Waals surface area contributed by atoms with E-state index in [1.165, 1.54) is 22.3 Å². The lowest BCUT2D eigenvalue weighted by Crippen LogP contribution is -2.54. The molecule has 1 N–H and O–H groups in total. The monoisotopic (exact) mass is 560 g/mol. The van der Waals surface area contributed by atoms with Crippen molar-refractivity contribution in [2.24, 2.45) is 0 Å². The SMILES string of the molecule is CS(=O)(=O)c1ccc(-c2ccc(/C=C3\C(=O)NC(=S)N(c4ccc(Oc5ccccc5)cc4)C3=O)s2)cc1. The van der Waals surface area contributed by atoms with Crippen LogP contribution in [0.4, 0.5) is 5.69 Å². The molecule has 190 valence electrons. The van der Waals surface area contributed by atoms with E-state index in [9.17, 15) is 18.0 Å². The summed E-state index contributed by atoms with van der Waals surface area (Å²) in [4.78, 5) is 29.1. The van der Waals surface area contributed by atoms with Gasteiger partial charge in [-0.3, -0.25) is 19.8 Å². The van der Waals surface area contributed by atoms with Gasteiger partial charge in [-0.2, -0.15) is 0 Å². The first kappa shape index (κ1) is 25.5. The summed E-state index contributed by atoms with van der Waals surface area (Å²) in [5.41, 5.74) is 1.26. The molecule has 10 heteroatoms. The smallest absolute Gasteiger partial charge is 0.270 e. The Balaban J connectivity index is 1.37. The van der Waals surface area contributed by atoms with E-state index in [0.29, 0.717) is 22.1 Å². The van der Waals surface area contributed by atoms with Gasteiger partial charge in [0.2, 0.25) is 0 Å². The van der Waals surface area contributed by atoms with Gasteiger partial charge in [0.15, 0.2) is 14.9 Å². The molecule has 0 saturated carbocycles. The molecule has 3 aromatic carbocycles. The van der Waals surface area contributed by atoms with E-state index in [2.05, 4.69) is 5.32 Å². The number of sulfone groups is 1. The molecule has 38 heavy (non-hydrogen) atoms. The van der Waals surface area contributed by atoms with Crippen molar-refractivity contribution in [1.29, 1.82) is 0 Å². The summed E-state index contributed by atoms with van der Waals surface area (Å²) >= 11 is 6.67. The Hall–Kier alpha value is -4.12. The van der Waals surface area contributed by atoms with Gasteiger partial charge in [-0.25, -0.2) is 8.42 Å². The zero-order chi connectivity index (χ0) is 26.9. The lowest BCUT2D eigenvalue weighted by atomic mass is 10.1. The standard InChI is InChI=1S/C28H20N2O5S3/c1-38(33,34)23-14-7-18(8-15-23)25-16-13-22(37-25)17-24-26(31)29-28(36)30(27(24)32)19-9-11-21(12-10-19)35-20-5-3-2-4-6-20/h2-17H,1H3,(H,29,31,36)/b24-17+. The van der Waals surface area contributed by atoms with Gasteiger partial charge in [0.05, 0.1) is 10.6 Å². The number of benzene rings is 3. The highest BCUT2D eigenvalue weighted by Gasteiger charge is 2.34. The van der Waals surface area contributed by atoms with Crippen LogP contribution in [-0.4, -0.2) is 31.6 Å². The molecule has 0 spiro atoms. The normalized spacial score (nSPS) is 15.0. The summed E-state index contributed by atoms with van der Waals surface area (Å²) < 4.78 is 29.2. The Kier molecular flexibility index (Phi) is 6.94. The fourth-order valence-electron chi connectivity index (χ4n) is 3.77. The first-order valence-electron chi connectivity index (χ1n) is 11.3. The van der Waals surface area contributed by atoms with E-state index in [4.69, 9.17) is 17.0 Å². The second-order valence-electron chi connectivity index (χ2n) is 8.37. The van der Waals surface area contributed by atoms with Crippen molar-refractivity contribution in [3.8, 4) is 21.9 Å². The Morgan fingerprint density at radius 3 is 2.18 bits per heavy atom. The van der Waals surface area contributed by atoms with E-state index < -0.39 is 21.7 Å². The molecule has 0 atom stereocenters. The predicted molar refractivity (Wildman–Crippen MR) is 152 cm³/mol. The zero-order valence-corrected chi connectivity index (χ0v) is 22.4. The minimum Gasteiger partial charge on any atom is -0.457 e. The molecule has 1 aromatic heterocycles. The van der Waals surface area contributed by atoms with Crippen molar-refractivity contribution >= 4 is 62.1 Å². The summed E-state index contributed by atoms with van der Waals surface area (Å²) in [7, 11) is -3.29. The molecule has 1 saturated heterocycles. The zero-order valence-electron chi connectivity index (χ0n) is 20.0. The molecule has 0 unspecified atom stereocenters. The van der Waals surface area contributed by atoms with Gasteiger partial charge in [-0.1, -0.05) is 30.3 Å². The van der Waals surface area contributed by atoms with Crippen LogP contribution in [0.25, 0.3) is 16.5 Å². The summed E-state index contributed by atoms with van der Waals surface area (Å²) in [5, 5.41) is 2.58. The van der Waals surface area contributed by atoms with Crippen LogP contribution in [0.5, 0.6) is 11.5 Å². The fraction of sp³-hybridized carbons (Fsp3) is 0.0357.